The summed E-state index contributed by atoms with van der Waals surface area (Å²) in [5.41, 5.74) is 0.880. The lowest BCUT2D eigenvalue weighted by atomic mass is 9.99. The fourth-order valence-electron chi connectivity index (χ4n) is 3.28. The molecule has 0 aromatic carbocycles. The van der Waals surface area contributed by atoms with Gasteiger partial charge in [0.2, 0.25) is 0 Å². The maximum atomic E-state index is 13.1. The topological polar surface area (TPSA) is 51.0 Å². The normalized spacial score (nSPS) is 18.3. The fraction of sp³-hybridized carbons (Fsp3) is 0.611. The molecule has 5 nitrogen and oxygen atoms in total. The quantitative estimate of drug-likeness (QED) is 0.826. The number of hydrogen-bond donors (Lipinski definition) is 0. The summed E-state index contributed by atoms with van der Waals surface area (Å²) >= 11 is 1.57. The molecule has 6 heteroatoms. The van der Waals surface area contributed by atoms with Crippen LogP contribution in [0.1, 0.15) is 65.8 Å². The smallest absolute Gasteiger partial charge is 0.266 e. The van der Waals surface area contributed by atoms with Gasteiger partial charge in [-0.2, -0.15) is 5.10 Å². The molecular formula is C18H26N4OS. The zero-order chi connectivity index (χ0) is 17.1. The lowest BCUT2D eigenvalue weighted by molar-refractivity contribution is 0.0598. The third-order valence-corrected chi connectivity index (χ3v) is 6.09. The van der Waals surface area contributed by atoms with E-state index in [1.165, 1.54) is 6.42 Å². The highest BCUT2D eigenvalue weighted by molar-refractivity contribution is 7.13. The Hall–Kier alpha value is -1.69. The Morgan fingerprint density at radius 2 is 2.25 bits per heavy atom. The Bertz CT molecular complexity index is 677. The molecule has 1 fully saturated rings. The number of thiazole rings is 1. The van der Waals surface area contributed by atoms with Crippen LogP contribution in [0.2, 0.25) is 0 Å². The number of aryl methyl sites for hydroxylation is 2. The summed E-state index contributed by atoms with van der Waals surface area (Å²) in [6, 6.07) is 2.25. The van der Waals surface area contributed by atoms with Gasteiger partial charge in [0.15, 0.2) is 0 Å². The summed E-state index contributed by atoms with van der Waals surface area (Å²) < 4.78 is 1.95. The molecule has 0 bridgehead atoms. The Labute approximate surface area is 147 Å². The molecule has 24 heavy (non-hydrogen) atoms. The number of nitrogens with zero attached hydrogens (tertiary/aromatic N) is 4. The van der Waals surface area contributed by atoms with Crippen LogP contribution in [-0.2, 0) is 6.54 Å². The second kappa shape index (κ2) is 7.47. The number of amides is 1. The van der Waals surface area contributed by atoms with E-state index >= 15 is 0 Å². The molecule has 1 amide bonds. The number of piperidine rings is 1. The van der Waals surface area contributed by atoms with Gasteiger partial charge in [-0.1, -0.05) is 13.8 Å². The van der Waals surface area contributed by atoms with Gasteiger partial charge in [0.25, 0.3) is 5.91 Å². The molecule has 1 saturated heterocycles. The first-order valence-corrected chi connectivity index (χ1v) is 9.63. The van der Waals surface area contributed by atoms with Gasteiger partial charge in [0.1, 0.15) is 4.88 Å². The van der Waals surface area contributed by atoms with Crippen molar-refractivity contribution in [2.75, 3.05) is 6.54 Å². The lowest BCUT2D eigenvalue weighted by Gasteiger charge is -2.35. The van der Waals surface area contributed by atoms with Crippen LogP contribution in [0.4, 0.5) is 0 Å². The predicted molar refractivity (Wildman–Crippen MR) is 96.5 cm³/mol. The predicted octanol–water partition coefficient (Wildman–Crippen LogP) is 3.86. The zero-order valence-electron chi connectivity index (χ0n) is 14.7. The molecule has 130 valence electrons. The van der Waals surface area contributed by atoms with Gasteiger partial charge in [-0.25, -0.2) is 4.98 Å². The van der Waals surface area contributed by atoms with E-state index in [2.05, 4.69) is 28.8 Å². The highest BCUT2D eigenvalue weighted by Crippen LogP contribution is 2.29. The maximum Gasteiger partial charge on any atom is 0.266 e. The van der Waals surface area contributed by atoms with Gasteiger partial charge in [0, 0.05) is 37.4 Å². The number of hydrogen-bond acceptors (Lipinski definition) is 4. The molecular weight excluding hydrogens is 320 g/mol. The largest absolute Gasteiger partial charge is 0.335 e. The van der Waals surface area contributed by atoms with Gasteiger partial charge in [-0.15, -0.1) is 11.3 Å². The minimum Gasteiger partial charge on any atom is -0.335 e. The molecule has 2 aromatic heterocycles. The molecule has 3 rings (SSSR count). The third-order valence-electron chi connectivity index (χ3n) is 4.64. The summed E-state index contributed by atoms with van der Waals surface area (Å²) in [4.78, 5) is 20.6. The van der Waals surface area contributed by atoms with E-state index in [0.29, 0.717) is 12.0 Å². The first-order chi connectivity index (χ1) is 11.6. The van der Waals surface area contributed by atoms with Crippen LogP contribution in [0.25, 0.3) is 0 Å². The number of rotatable bonds is 5. The van der Waals surface area contributed by atoms with Crippen molar-refractivity contribution < 1.29 is 4.79 Å². The highest BCUT2D eigenvalue weighted by atomic mass is 32.1. The monoisotopic (exact) mass is 346 g/mol. The third kappa shape index (κ3) is 3.69. The van der Waals surface area contributed by atoms with Crippen LogP contribution >= 0.6 is 11.3 Å². The van der Waals surface area contributed by atoms with E-state index in [4.69, 9.17) is 0 Å². The van der Waals surface area contributed by atoms with Crippen molar-refractivity contribution in [2.24, 2.45) is 0 Å². The first kappa shape index (κ1) is 17.1. The first-order valence-electron chi connectivity index (χ1n) is 8.82. The second-order valence-corrected chi connectivity index (χ2v) is 7.86. The summed E-state index contributed by atoms with van der Waals surface area (Å²) in [6.07, 6.45) is 8.13. The molecule has 0 spiro atoms. The molecule has 1 atom stereocenters. The SMILES string of the molecule is Cc1nc(C(C)C)sc1C(=O)N1CCCC[C@@H]1CCn1cccn1. The van der Waals surface area contributed by atoms with E-state index in [1.807, 2.05) is 23.9 Å². The van der Waals surface area contributed by atoms with Gasteiger partial charge >= 0.3 is 0 Å². The molecule has 1 aliphatic heterocycles. The molecule has 0 N–H and O–H groups in total. The van der Waals surface area contributed by atoms with Crippen molar-refractivity contribution in [3.8, 4) is 0 Å². The Morgan fingerprint density at radius 1 is 1.42 bits per heavy atom. The summed E-state index contributed by atoms with van der Waals surface area (Å²) in [5, 5.41) is 5.33. The van der Waals surface area contributed by atoms with Gasteiger partial charge < -0.3 is 4.90 Å². The molecule has 0 unspecified atom stereocenters. The average molecular weight is 346 g/mol. The van der Waals surface area contributed by atoms with Crippen molar-refractivity contribution in [1.82, 2.24) is 19.7 Å². The van der Waals surface area contributed by atoms with Crippen LogP contribution in [0.5, 0.6) is 0 Å². The van der Waals surface area contributed by atoms with Gasteiger partial charge in [0.05, 0.1) is 10.7 Å². The van der Waals surface area contributed by atoms with Crippen LogP contribution in [0, 0.1) is 6.92 Å². The number of carbonyl (C=O) groups is 1. The average Bonchev–Trinajstić information content (AvgIpc) is 3.22. The standard InChI is InChI=1S/C18H26N4OS/c1-13(2)17-20-14(3)16(24-17)18(23)22-11-5-4-7-15(22)8-12-21-10-6-9-19-21/h6,9-10,13,15H,4-5,7-8,11-12H2,1-3H3/t15-/m1/s1. The molecule has 1 aliphatic rings. The maximum absolute atomic E-state index is 13.1. The van der Waals surface area contributed by atoms with Crippen molar-refractivity contribution in [3.63, 3.8) is 0 Å². The fourth-order valence-corrected chi connectivity index (χ4v) is 4.30. The van der Waals surface area contributed by atoms with E-state index in [9.17, 15) is 4.79 Å². The van der Waals surface area contributed by atoms with Crippen molar-refractivity contribution in [2.45, 2.75) is 65.0 Å². The summed E-state index contributed by atoms with van der Waals surface area (Å²) in [5.74, 6) is 0.536. The second-order valence-electron chi connectivity index (χ2n) is 6.83. The minimum absolute atomic E-state index is 0.169. The molecule has 3 heterocycles. The minimum atomic E-state index is 0.169. The Balaban J connectivity index is 1.73. The van der Waals surface area contributed by atoms with Crippen LogP contribution < -0.4 is 0 Å². The molecule has 2 aromatic rings. The lowest BCUT2D eigenvalue weighted by Crippen LogP contribution is -2.44. The summed E-state index contributed by atoms with van der Waals surface area (Å²) in [6.45, 7) is 7.93. The van der Waals surface area contributed by atoms with Gasteiger partial charge in [-0.05, 0) is 38.7 Å². The molecule has 0 radical (unpaired) electrons. The Morgan fingerprint density at radius 3 is 2.92 bits per heavy atom. The molecule has 0 saturated carbocycles. The molecule has 0 aliphatic carbocycles. The van der Waals surface area contributed by atoms with Crippen molar-refractivity contribution in [3.05, 3.63) is 34.0 Å². The Kier molecular flexibility index (Phi) is 5.33. The van der Waals surface area contributed by atoms with Crippen molar-refractivity contribution in [1.29, 1.82) is 0 Å². The highest BCUT2D eigenvalue weighted by Gasteiger charge is 2.30. The number of aromatic nitrogens is 3. The van der Waals surface area contributed by atoms with Crippen LogP contribution in [-0.4, -0.2) is 38.2 Å². The number of likely N-dealkylation sites (tertiary alicyclic amines) is 1. The van der Waals surface area contributed by atoms with E-state index in [0.717, 1.165) is 47.9 Å². The number of carbonyl (C=O) groups excluding carboxylic acids is 1. The van der Waals surface area contributed by atoms with Crippen molar-refractivity contribution >= 4 is 17.2 Å². The van der Waals surface area contributed by atoms with E-state index in [1.54, 1.807) is 17.5 Å². The van der Waals surface area contributed by atoms with Gasteiger partial charge in [-0.3, -0.25) is 9.48 Å². The zero-order valence-corrected chi connectivity index (χ0v) is 15.6. The summed E-state index contributed by atoms with van der Waals surface area (Å²) in [7, 11) is 0. The van der Waals surface area contributed by atoms with Crippen LogP contribution in [0.15, 0.2) is 18.5 Å². The van der Waals surface area contributed by atoms with E-state index in [-0.39, 0.29) is 5.91 Å². The van der Waals surface area contributed by atoms with Crippen LogP contribution in [0.3, 0.4) is 0 Å². The van der Waals surface area contributed by atoms with E-state index < -0.39 is 0 Å².